The Kier molecular flexibility index (Phi) is 8.06. The minimum atomic E-state index is -4.58. The van der Waals surface area contributed by atoms with Crippen LogP contribution in [0.2, 0.25) is 5.02 Å². The van der Waals surface area contributed by atoms with Gasteiger partial charge in [-0.1, -0.05) is 24.6 Å². The van der Waals surface area contributed by atoms with Gasteiger partial charge in [0.25, 0.3) is 5.56 Å². The van der Waals surface area contributed by atoms with E-state index in [4.69, 9.17) is 21.3 Å². The SMILES string of the molecule is CCc1c(N2CCN(C(=O)OC(C)(C)C)CC2)c(=O)n2nc(C3=CC4CC4C3)nc2n1CC(=O)Nc1ccc(C(F)(F)F)cc1Cl. The van der Waals surface area contributed by atoms with Crippen LogP contribution in [0.25, 0.3) is 11.4 Å². The van der Waals surface area contributed by atoms with E-state index in [1.165, 1.54) is 4.52 Å². The molecule has 1 saturated carbocycles. The Morgan fingerprint density at radius 3 is 2.43 bits per heavy atom. The van der Waals surface area contributed by atoms with Crippen LogP contribution in [-0.2, 0) is 28.7 Å². The summed E-state index contributed by atoms with van der Waals surface area (Å²) in [5.74, 6) is 1.11. The molecular formula is C31H35ClF3N7O4. The number of alkyl halides is 3. The van der Waals surface area contributed by atoms with Crippen molar-refractivity contribution in [2.75, 3.05) is 36.4 Å². The van der Waals surface area contributed by atoms with Gasteiger partial charge in [0.15, 0.2) is 5.82 Å². The van der Waals surface area contributed by atoms with Crippen LogP contribution < -0.4 is 15.8 Å². The Morgan fingerprint density at radius 2 is 1.85 bits per heavy atom. The molecule has 0 spiro atoms. The summed E-state index contributed by atoms with van der Waals surface area (Å²) >= 11 is 6.11. The number of nitrogens with zero attached hydrogens (tertiary/aromatic N) is 6. The van der Waals surface area contributed by atoms with Gasteiger partial charge in [0, 0.05) is 26.2 Å². The molecule has 246 valence electrons. The van der Waals surface area contributed by atoms with Crippen LogP contribution in [-0.4, -0.2) is 67.8 Å². The van der Waals surface area contributed by atoms with Crippen molar-refractivity contribution in [1.82, 2.24) is 24.1 Å². The molecule has 2 unspecified atom stereocenters. The molecule has 1 aliphatic heterocycles. The van der Waals surface area contributed by atoms with Gasteiger partial charge < -0.3 is 24.4 Å². The molecule has 2 aromatic heterocycles. The van der Waals surface area contributed by atoms with E-state index in [0.717, 1.165) is 36.6 Å². The first kappa shape index (κ1) is 31.9. The Morgan fingerprint density at radius 1 is 1.13 bits per heavy atom. The molecule has 1 saturated heterocycles. The summed E-state index contributed by atoms with van der Waals surface area (Å²) in [4.78, 5) is 48.4. The van der Waals surface area contributed by atoms with Gasteiger partial charge >= 0.3 is 12.3 Å². The van der Waals surface area contributed by atoms with Gasteiger partial charge in [0.2, 0.25) is 11.7 Å². The molecular weight excluding hydrogens is 627 g/mol. The number of aromatic nitrogens is 4. The maximum Gasteiger partial charge on any atom is 0.416 e. The number of allylic oxidation sites excluding steroid dienone is 2. The average Bonchev–Trinajstić information content (AvgIpc) is 3.35. The van der Waals surface area contributed by atoms with E-state index in [2.05, 4.69) is 16.5 Å². The van der Waals surface area contributed by atoms with Gasteiger partial charge in [-0.05, 0) is 75.6 Å². The van der Waals surface area contributed by atoms with E-state index < -0.39 is 29.3 Å². The van der Waals surface area contributed by atoms with Crippen LogP contribution >= 0.6 is 11.6 Å². The number of hydrogen-bond donors (Lipinski definition) is 1. The number of amides is 2. The number of carbonyl (C=O) groups is 2. The van der Waals surface area contributed by atoms with Crippen molar-refractivity contribution in [3.8, 4) is 0 Å². The van der Waals surface area contributed by atoms with Crippen LogP contribution in [0, 0.1) is 11.8 Å². The van der Waals surface area contributed by atoms with Gasteiger partial charge in [-0.25, -0.2) is 4.79 Å². The normalized spacial score (nSPS) is 19.7. The predicted molar refractivity (Wildman–Crippen MR) is 166 cm³/mol. The van der Waals surface area contributed by atoms with Crippen LogP contribution in [0.5, 0.6) is 0 Å². The zero-order valence-electron chi connectivity index (χ0n) is 25.9. The number of anilines is 2. The number of benzene rings is 1. The average molecular weight is 662 g/mol. The van der Waals surface area contributed by atoms with Gasteiger partial charge in [-0.2, -0.15) is 22.7 Å². The Hall–Kier alpha value is -4.07. The summed E-state index contributed by atoms with van der Waals surface area (Å²) in [6.07, 6.45) is -0.558. The first-order valence-corrected chi connectivity index (χ1v) is 15.6. The zero-order chi connectivity index (χ0) is 33.1. The number of rotatable bonds is 6. The second-order valence-electron chi connectivity index (χ2n) is 12.9. The first-order valence-electron chi connectivity index (χ1n) is 15.3. The molecule has 3 heterocycles. The number of piperazine rings is 1. The van der Waals surface area contributed by atoms with Crippen molar-refractivity contribution in [2.24, 2.45) is 11.8 Å². The number of halogens is 4. The predicted octanol–water partition coefficient (Wildman–Crippen LogP) is 5.24. The van der Waals surface area contributed by atoms with E-state index >= 15 is 0 Å². The molecule has 15 heteroatoms. The van der Waals surface area contributed by atoms with Gasteiger partial charge in [-0.15, -0.1) is 5.10 Å². The Labute approximate surface area is 268 Å². The molecule has 3 aliphatic rings. The second kappa shape index (κ2) is 11.6. The van der Waals surface area contributed by atoms with E-state index in [-0.39, 0.29) is 28.6 Å². The Balaban J connectivity index is 1.34. The molecule has 1 aromatic carbocycles. The van der Waals surface area contributed by atoms with Crippen LogP contribution in [0.1, 0.15) is 57.6 Å². The lowest BCUT2D eigenvalue weighted by molar-refractivity contribution is -0.137. The molecule has 2 fully saturated rings. The van der Waals surface area contributed by atoms with E-state index in [1.807, 2.05) is 11.8 Å². The number of fused-ring (bicyclic) bond motifs is 2. The number of hydrogen-bond acceptors (Lipinski definition) is 7. The third-order valence-corrected chi connectivity index (χ3v) is 8.75. The quantitative estimate of drug-likeness (QED) is 0.384. The van der Waals surface area contributed by atoms with E-state index in [1.54, 1.807) is 30.2 Å². The standard InChI is InChI=1S/C31H35ClF3N7O4/c1-5-23-25(39-8-10-40(11-9-39)29(45)46-30(2,3)4)27(44)42-28(37-26(38-42)19-13-17-12-18(17)14-19)41(23)16-24(43)36-22-7-6-20(15-21(22)32)31(33,34)35/h6-7,13,15,17-18H,5,8-12,14,16H2,1-4H3,(H,36,43). The topological polar surface area (TPSA) is 114 Å². The molecule has 6 rings (SSSR count). The van der Waals surface area contributed by atoms with Gasteiger partial charge in [-0.3, -0.25) is 9.59 Å². The van der Waals surface area contributed by atoms with Gasteiger partial charge in [0.05, 0.1) is 22.0 Å². The fraction of sp³-hybridized carbons (Fsp3) is 0.516. The minimum absolute atomic E-state index is 0.0192. The van der Waals surface area contributed by atoms with Crippen LogP contribution in [0.4, 0.5) is 29.3 Å². The van der Waals surface area contributed by atoms with Gasteiger partial charge in [0.1, 0.15) is 17.8 Å². The summed E-state index contributed by atoms with van der Waals surface area (Å²) in [5, 5.41) is 6.94. The largest absolute Gasteiger partial charge is 0.444 e. The first-order chi connectivity index (χ1) is 21.6. The minimum Gasteiger partial charge on any atom is -0.444 e. The lowest BCUT2D eigenvalue weighted by Crippen LogP contribution is -2.51. The number of carbonyl (C=O) groups excluding carboxylic acids is 2. The van der Waals surface area contributed by atoms with Crippen molar-refractivity contribution >= 4 is 46.3 Å². The molecule has 1 N–H and O–H groups in total. The lowest BCUT2D eigenvalue weighted by Gasteiger charge is -2.37. The maximum absolute atomic E-state index is 14.1. The smallest absolute Gasteiger partial charge is 0.416 e. The zero-order valence-corrected chi connectivity index (χ0v) is 26.7. The molecule has 2 amide bonds. The highest BCUT2D eigenvalue weighted by molar-refractivity contribution is 6.33. The van der Waals surface area contributed by atoms with E-state index in [0.29, 0.717) is 61.6 Å². The van der Waals surface area contributed by atoms with Crippen molar-refractivity contribution < 1.29 is 27.5 Å². The Bertz CT molecular complexity index is 1800. The third-order valence-electron chi connectivity index (χ3n) is 8.44. The van der Waals surface area contributed by atoms with Crippen molar-refractivity contribution in [2.45, 2.75) is 65.3 Å². The fourth-order valence-electron chi connectivity index (χ4n) is 6.12. The summed E-state index contributed by atoms with van der Waals surface area (Å²) < 4.78 is 47.8. The lowest BCUT2D eigenvalue weighted by atomic mass is 10.2. The molecule has 46 heavy (non-hydrogen) atoms. The molecule has 2 aliphatic carbocycles. The molecule has 11 nitrogen and oxygen atoms in total. The molecule has 0 radical (unpaired) electrons. The van der Waals surface area contributed by atoms with Crippen molar-refractivity contribution in [1.29, 1.82) is 0 Å². The van der Waals surface area contributed by atoms with Crippen molar-refractivity contribution in [3.63, 3.8) is 0 Å². The highest BCUT2D eigenvalue weighted by Crippen LogP contribution is 2.52. The van der Waals surface area contributed by atoms with Crippen molar-refractivity contribution in [3.05, 3.63) is 56.7 Å². The molecule has 3 aromatic rings. The summed E-state index contributed by atoms with van der Waals surface area (Å²) in [6.45, 7) is 8.27. The molecule has 2 atom stereocenters. The highest BCUT2D eigenvalue weighted by Gasteiger charge is 2.42. The third kappa shape index (κ3) is 6.31. The van der Waals surface area contributed by atoms with E-state index in [9.17, 15) is 27.6 Å². The van der Waals surface area contributed by atoms with Crippen LogP contribution in [0.15, 0.2) is 29.1 Å². The maximum atomic E-state index is 14.1. The summed E-state index contributed by atoms with van der Waals surface area (Å²) in [6, 6.07) is 2.70. The second-order valence-corrected chi connectivity index (χ2v) is 13.3. The monoisotopic (exact) mass is 661 g/mol. The number of nitrogens with one attached hydrogen (secondary N) is 1. The molecule has 0 bridgehead atoms. The fourth-order valence-corrected chi connectivity index (χ4v) is 6.34. The summed E-state index contributed by atoms with van der Waals surface area (Å²) in [5.41, 5.74) is -0.0981. The van der Waals surface area contributed by atoms with Crippen LogP contribution in [0.3, 0.4) is 0 Å². The highest BCUT2D eigenvalue weighted by atomic mass is 35.5. The summed E-state index contributed by atoms with van der Waals surface area (Å²) in [7, 11) is 0. The number of ether oxygens (including phenoxy) is 1.